The molecule has 116 valence electrons. The van der Waals surface area contributed by atoms with Crippen molar-refractivity contribution in [3.05, 3.63) is 33.8 Å². The fourth-order valence-electron chi connectivity index (χ4n) is 2.48. The number of hydrogen-bond acceptors (Lipinski definition) is 2. The molecule has 0 spiro atoms. The Bertz CT molecular complexity index is 533. The molecule has 0 aromatic heterocycles. The van der Waals surface area contributed by atoms with Gasteiger partial charge >= 0.3 is 6.18 Å². The summed E-state index contributed by atoms with van der Waals surface area (Å²) < 4.78 is 38.6. The highest BCUT2D eigenvalue weighted by Crippen LogP contribution is 2.33. The van der Waals surface area contributed by atoms with Crippen molar-refractivity contribution in [3.63, 3.8) is 0 Å². The van der Waals surface area contributed by atoms with Gasteiger partial charge in [0.1, 0.15) is 0 Å². The van der Waals surface area contributed by atoms with Crippen LogP contribution in [-0.2, 0) is 6.18 Å². The number of nitrogens with zero attached hydrogens (tertiary/aromatic N) is 1. The summed E-state index contributed by atoms with van der Waals surface area (Å²) in [5, 5.41) is 9.32. The Morgan fingerprint density at radius 1 is 1.38 bits per heavy atom. The summed E-state index contributed by atoms with van der Waals surface area (Å²) in [4.78, 5) is 13.9. The largest absolute Gasteiger partial charge is 0.416 e. The third-order valence-corrected chi connectivity index (χ3v) is 4.31. The topological polar surface area (TPSA) is 40.5 Å². The van der Waals surface area contributed by atoms with Gasteiger partial charge in [0.15, 0.2) is 0 Å². The summed E-state index contributed by atoms with van der Waals surface area (Å²) in [6.45, 7) is 0.273. The zero-order valence-corrected chi connectivity index (χ0v) is 12.7. The fourth-order valence-corrected chi connectivity index (χ4v) is 2.89. The maximum absolute atomic E-state index is 12.8. The van der Waals surface area contributed by atoms with Crippen LogP contribution in [0.15, 0.2) is 22.7 Å². The lowest BCUT2D eigenvalue weighted by atomic mass is 10.0. The molecule has 7 heteroatoms. The van der Waals surface area contributed by atoms with Crippen LogP contribution in [0.2, 0.25) is 0 Å². The monoisotopic (exact) mass is 365 g/mol. The van der Waals surface area contributed by atoms with E-state index in [1.165, 1.54) is 11.0 Å². The summed E-state index contributed by atoms with van der Waals surface area (Å²) in [6, 6.07) is 2.69. The second-order valence-electron chi connectivity index (χ2n) is 5.02. The molecule has 21 heavy (non-hydrogen) atoms. The lowest BCUT2D eigenvalue weighted by molar-refractivity contribution is -0.137. The van der Waals surface area contributed by atoms with Crippen molar-refractivity contribution in [2.24, 2.45) is 0 Å². The minimum atomic E-state index is -4.49. The molecule has 2 rings (SSSR count). The number of aliphatic hydroxyl groups is 1. The summed E-state index contributed by atoms with van der Waals surface area (Å²) in [5.41, 5.74) is -0.878. The van der Waals surface area contributed by atoms with Gasteiger partial charge in [0.25, 0.3) is 5.91 Å². The van der Waals surface area contributed by atoms with Gasteiger partial charge in [-0.3, -0.25) is 4.79 Å². The number of halogens is 4. The fraction of sp³-hybridized carbons (Fsp3) is 0.500. The normalized spacial score (nSPS) is 19.7. The standard InChI is InChI=1S/C14H15BrF3NO2/c15-12-5-4-9(14(16,17)18)7-11(12)13(21)19-6-2-1-3-10(19)8-20/h4-5,7,10,20H,1-3,6,8H2. The van der Waals surface area contributed by atoms with Crippen LogP contribution in [0.5, 0.6) is 0 Å². The Kier molecular flexibility index (Phi) is 4.93. The van der Waals surface area contributed by atoms with Crippen molar-refractivity contribution in [3.8, 4) is 0 Å². The molecule has 0 radical (unpaired) electrons. The van der Waals surface area contributed by atoms with Gasteiger partial charge in [0.2, 0.25) is 0 Å². The first kappa shape index (κ1) is 16.3. The maximum atomic E-state index is 12.8. The number of amides is 1. The molecule has 1 aromatic carbocycles. The maximum Gasteiger partial charge on any atom is 0.416 e. The number of piperidine rings is 1. The van der Waals surface area contributed by atoms with Crippen molar-refractivity contribution in [2.45, 2.75) is 31.5 Å². The summed E-state index contributed by atoms with van der Waals surface area (Å²) in [7, 11) is 0. The zero-order valence-electron chi connectivity index (χ0n) is 11.2. The molecule has 1 aliphatic heterocycles. The van der Waals surface area contributed by atoms with E-state index in [1.807, 2.05) is 0 Å². The van der Waals surface area contributed by atoms with E-state index in [1.54, 1.807) is 0 Å². The minimum Gasteiger partial charge on any atom is -0.394 e. The quantitative estimate of drug-likeness (QED) is 0.871. The molecule has 0 bridgehead atoms. The van der Waals surface area contributed by atoms with E-state index < -0.39 is 17.6 Å². The van der Waals surface area contributed by atoms with Crippen LogP contribution in [0.25, 0.3) is 0 Å². The van der Waals surface area contributed by atoms with Crippen LogP contribution < -0.4 is 0 Å². The van der Waals surface area contributed by atoms with Crippen LogP contribution in [0.4, 0.5) is 13.2 Å². The highest BCUT2D eigenvalue weighted by Gasteiger charge is 2.33. The first-order chi connectivity index (χ1) is 9.84. The van der Waals surface area contributed by atoms with E-state index in [0.717, 1.165) is 25.0 Å². The van der Waals surface area contributed by atoms with Crippen molar-refractivity contribution in [1.29, 1.82) is 0 Å². The Labute approximate surface area is 128 Å². The number of carbonyl (C=O) groups excluding carboxylic acids is 1. The zero-order chi connectivity index (χ0) is 15.6. The van der Waals surface area contributed by atoms with E-state index in [2.05, 4.69) is 15.9 Å². The van der Waals surface area contributed by atoms with E-state index in [0.29, 0.717) is 17.4 Å². The number of benzene rings is 1. The molecule has 1 atom stereocenters. The number of rotatable bonds is 2. The van der Waals surface area contributed by atoms with Gasteiger partial charge in [0, 0.05) is 11.0 Å². The van der Waals surface area contributed by atoms with Crippen molar-refractivity contribution < 1.29 is 23.1 Å². The van der Waals surface area contributed by atoms with Gasteiger partial charge in [-0.25, -0.2) is 0 Å². The predicted octanol–water partition coefficient (Wildman–Crippen LogP) is 3.45. The Balaban J connectivity index is 2.33. The van der Waals surface area contributed by atoms with Gasteiger partial charge in [-0.2, -0.15) is 13.2 Å². The second-order valence-corrected chi connectivity index (χ2v) is 5.88. The van der Waals surface area contributed by atoms with Crippen molar-refractivity contribution >= 4 is 21.8 Å². The molecule has 1 aromatic rings. The molecular weight excluding hydrogens is 351 g/mol. The number of alkyl halides is 3. The second kappa shape index (κ2) is 6.36. The average Bonchev–Trinajstić information content (AvgIpc) is 2.45. The van der Waals surface area contributed by atoms with E-state index in [9.17, 15) is 23.1 Å². The van der Waals surface area contributed by atoms with Gasteiger partial charge in [-0.15, -0.1) is 0 Å². The molecule has 0 saturated carbocycles. The summed E-state index contributed by atoms with van der Waals surface area (Å²) in [6.07, 6.45) is -2.13. The van der Waals surface area contributed by atoms with Crippen LogP contribution >= 0.6 is 15.9 Å². The Hall–Kier alpha value is -1.08. The lowest BCUT2D eigenvalue weighted by Crippen LogP contribution is -2.45. The molecule has 1 fully saturated rings. The van der Waals surface area contributed by atoms with E-state index in [-0.39, 0.29) is 18.2 Å². The predicted molar refractivity (Wildman–Crippen MR) is 74.9 cm³/mol. The van der Waals surface area contributed by atoms with Crippen molar-refractivity contribution in [1.82, 2.24) is 4.90 Å². The molecule has 1 aliphatic rings. The van der Waals surface area contributed by atoms with E-state index >= 15 is 0 Å². The van der Waals surface area contributed by atoms with Crippen molar-refractivity contribution in [2.75, 3.05) is 13.2 Å². The number of carbonyl (C=O) groups is 1. The van der Waals surface area contributed by atoms with Crippen LogP contribution in [0, 0.1) is 0 Å². The first-order valence-corrected chi connectivity index (χ1v) is 7.42. The van der Waals surface area contributed by atoms with Crippen LogP contribution in [-0.4, -0.2) is 35.1 Å². The molecule has 0 aliphatic carbocycles. The number of likely N-dealkylation sites (tertiary alicyclic amines) is 1. The third-order valence-electron chi connectivity index (χ3n) is 3.62. The minimum absolute atomic E-state index is 0.0230. The molecule has 1 heterocycles. The lowest BCUT2D eigenvalue weighted by Gasteiger charge is -2.35. The smallest absolute Gasteiger partial charge is 0.394 e. The van der Waals surface area contributed by atoms with Gasteiger partial charge in [0.05, 0.1) is 23.8 Å². The van der Waals surface area contributed by atoms with Gasteiger partial charge in [-0.1, -0.05) is 0 Å². The SMILES string of the molecule is O=C(c1cc(C(F)(F)F)ccc1Br)N1CCCCC1CO. The summed E-state index contributed by atoms with van der Waals surface area (Å²) in [5.74, 6) is -0.480. The molecule has 3 nitrogen and oxygen atoms in total. The Morgan fingerprint density at radius 3 is 2.71 bits per heavy atom. The molecule has 1 saturated heterocycles. The van der Waals surface area contributed by atoms with Crippen LogP contribution in [0.3, 0.4) is 0 Å². The highest BCUT2D eigenvalue weighted by atomic mass is 79.9. The molecule has 1 N–H and O–H groups in total. The van der Waals surface area contributed by atoms with Gasteiger partial charge < -0.3 is 10.0 Å². The van der Waals surface area contributed by atoms with Crippen LogP contribution in [0.1, 0.15) is 35.2 Å². The number of aliphatic hydroxyl groups excluding tert-OH is 1. The van der Waals surface area contributed by atoms with Gasteiger partial charge in [-0.05, 0) is 53.4 Å². The molecule has 1 unspecified atom stereocenters. The summed E-state index contributed by atoms with van der Waals surface area (Å²) >= 11 is 3.13. The highest BCUT2D eigenvalue weighted by molar-refractivity contribution is 9.10. The van der Waals surface area contributed by atoms with E-state index in [4.69, 9.17) is 0 Å². The third kappa shape index (κ3) is 3.58. The Morgan fingerprint density at radius 2 is 2.10 bits per heavy atom. The molecule has 1 amide bonds. The molecular formula is C14H15BrF3NO2. The first-order valence-electron chi connectivity index (χ1n) is 6.63. The number of hydrogen-bond donors (Lipinski definition) is 1. The average molecular weight is 366 g/mol.